The molecular formula is C25H30N2O4Si. The lowest BCUT2D eigenvalue weighted by atomic mass is 9.85. The Morgan fingerprint density at radius 2 is 2.00 bits per heavy atom. The third-order valence-corrected chi connectivity index (χ3v) is 8.75. The number of ether oxygens (including phenoxy) is 1. The minimum Gasteiger partial charge on any atom is -0.380 e. The van der Waals surface area contributed by atoms with Gasteiger partial charge in [0.25, 0.3) is 5.56 Å². The number of aryl methyl sites for hydroxylation is 1. The largest absolute Gasteiger partial charge is 0.380 e. The quantitative estimate of drug-likeness (QED) is 0.463. The van der Waals surface area contributed by atoms with E-state index in [4.69, 9.17) is 9.72 Å². The first-order chi connectivity index (χ1) is 15.1. The molecule has 2 atom stereocenters. The average molecular weight is 451 g/mol. The van der Waals surface area contributed by atoms with Gasteiger partial charge in [0.2, 0.25) is 0 Å². The second-order valence-electron chi connectivity index (χ2n) is 10.2. The summed E-state index contributed by atoms with van der Waals surface area (Å²) in [6.45, 7) is 9.37. The molecule has 0 fully saturated rings. The molecule has 1 unspecified atom stereocenters. The topological polar surface area (TPSA) is 84.6 Å². The van der Waals surface area contributed by atoms with Crippen molar-refractivity contribution in [3.05, 3.63) is 62.9 Å². The monoisotopic (exact) mass is 450 g/mol. The summed E-state index contributed by atoms with van der Waals surface area (Å²) >= 11 is 0. The fourth-order valence-electron chi connectivity index (χ4n) is 5.01. The van der Waals surface area contributed by atoms with Gasteiger partial charge in [-0.05, 0) is 30.5 Å². The van der Waals surface area contributed by atoms with Crippen LogP contribution in [0.5, 0.6) is 0 Å². The first-order valence-corrected chi connectivity index (χ1v) is 15.0. The van der Waals surface area contributed by atoms with E-state index in [1.54, 1.807) is 11.5 Å². The van der Waals surface area contributed by atoms with Crippen molar-refractivity contribution in [2.75, 3.05) is 0 Å². The van der Waals surface area contributed by atoms with Gasteiger partial charge in [-0.25, -0.2) is 4.98 Å². The van der Waals surface area contributed by atoms with Crippen LogP contribution in [-0.2, 0) is 29.9 Å². The van der Waals surface area contributed by atoms with Crippen molar-refractivity contribution in [2.45, 2.75) is 70.5 Å². The van der Waals surface area contributed by atoms with E-state index < -0.39 is 20.0 Å². The van der Waals surface area contributed by atoms with E-state index in [2.05, 4.69) is 25.7 Å². The van der Waals surface area contributed by atoms with E-state index >= 15 is 0 Å². The molecule has 0 saturated heterocycles. The number of aliphatic hydroxyl groups excluding tert-OH is 1. The van der Waals surface area contributed by atoms with Crippen LogP contribution in [-0.4, -0.2) is 34.1 Å². The van der Waals surface area contributed by atoms with Crippen LogP contribution in [0.15, 0.2) is 35.1 Å². The van der Waals surface area contributed by atoms with Crippen LogP contribution in [0.1, 0.15) is 35.6 Å². The third-order valence-electron chi connectivity index (χ3n) is 7.00. The maximum atomic E-state index is 13.5. The van der Waals surface area contributed by atoms with E-state index in [0.717, 1.165) is 34.6 Å². The summed E-state index contributed by atoms with van der Waals surface area (Å²) in [4.78, 5) is 18.4. The highest BCUT2D eigenvalue weighted by Crippen LogP contribution is 2.41. The summed E-state index contributed by atoms with van der Waals surface area (Å²) in [5.41, 5.74) is 3.92. The lowest BCUT2D eigenvalue weighted by Crippen LogP contribution is -2.47. The summed E-state index contributed by atoms with van der Waals surface area (Å²) in [7, 11) is -1.27. The molecule has 1 aromatic carbocycles. The number of pyridine rings is 2. The number of aromatic nitrogens is 2. The van der Waals surface area contributed by atoms with Crippen LogP contribution < -0.4 is 5.56 Å². The number of benzene rings is 1. The van der Waals surface area contributed by atoms with Gasteiger partial charge in [0.15, 0.2) is 6.29 Å². The van der Waals surface area contributed by atoms with Crippen molar-refractivity contribution >= 4 is 19.0 Å². The molecule has 2 aliphatic rings. The zero-order chi connectivity index (χ0) is 22.8. The number of nitrogens with zero attached hydrogens (tertiary/aromatic N) is 2. The maximum absolute atomic E-state index is 13.5. The number of para-hydroxylation sites is 1. The lowest BCUT2D eigenvalue weighted by Gasteiger charge is -2.37. The average Bonchev–Trinajstić information content (AvgIpc) is 3.12. The molecule has 2 aromatic heterocycles. The van der Waals surface area contributed by atoms with Gasteiger partial charge in [0.05, 0.1) is 30.1 Å². The van der Waals surface area contributed by atoms with Crippen molar-refractivity contribution in [3.63, 3.8) is 0 Å². The van der Waals surface area contributed by atoms with E-state index in [0.29, 0.717) is 23.4 Å². The standard InChI is InChI=1S/C25H30N2O4Si/c1-5-25(30)19-12-21-22-17(13-27(21)23(28)18(19)14-31-24(25)29)15(10-11-32(2,3)4)16-8-6-7-9-20(16)26-22/h6-9,12,24,29-30H,5,10-11,13-14H2,1-4H3/t24?,25-/m0/s1. The number of hydrogen-bond acceptors (Lipinski definition) is 5. The Bertz CT molecular complexity index is 1290. The minimum atomic E-state index is -1.61. The van der Waals surface area contributed by atoms with Crippen molar-refractivity contribution in [1.29, 1.82) is 0 Å². The molecule has 32 heavy (non-hydrogen) atoms. The SMILES string of the molecule is CC[C@]1(O)c2cc3n(c(=O)c2COC1O)Cc1c-3nc2ccccc2c1CC[Si](C)(C)C. The molecule has 0 radical (unpaired) electrons. The third kappa shape index (κ3) is 3.18. The molecule has 0 aliphatic carbocycles. The van der Waals surface area contributed by atoms with Crippen molar-refractivity contribution in [2.24, 2.45) is 0 Å². The fraction of sp³-hybridized carbons (Fsp3) is 0.440. The second kappa shape index (κ2) is 7.35. The molecule has 4 heterocycles. The number of fused-ring (bicyclic) bond motifs is 5. The summed E-state index contributed by atoms with van der Waals surface area (Å²) in [6, 6.07) is 11.2. The molecular weight excluding hydrogens is 420 g/mol. The van der Waals surface area contributed by atoms with E-state index in [1.807, 2.05) is 24.3 Å². The van der Waals surface area contributed by atoms with Crippen LogP contribution in [0.3, 0.4) is 0 Å². The normalized spacial score (nSPS) is 22.0. The highest BCUT2D eigenvalue weighted by Gasteiger charge is 2.44. The summed E-state index contributed by atoms with van der Waals surface area (Å²) in [5, 5.41) is 22.7. The Morgan fingerprint density at radius 1 is 1.25 bits per heavy atom. The molecule has 168 valence electrons. The van der Waals surface area contributed by atoms with Crippen LogP contribution in [0.2, 0.25) is 25.7 Å². The van der Waals surface area contributed by atoms with Gasteiger partial charge in [0.1, 0.15) is 5.60 Å². The van der Waals surface area contributed by atoms with Gasteiger partial charge in [-0.2, -0.15) is 0 Å². The van der Waals surface area contributed by atoms with Gasteiger partial charge >= 0.3 is 0 Å². The molecule has 0 amide bonds. The van der Waals surface area contributed by atoms with Crippen molar-refractivity contribution < 1.29 is 14.9 Å². The molecule has 3 aromatic rings. The van der Waals surface area contributed by atoms with Crippen LogP contribution in [0, 0.1) is 0 Å². The first-order valence-electron chi connectivity index (χ1n) is 11.3. The Kier molecular flexibility index (Phi) is 4.94. The Balaban J connectivity index is 1.75. The Morgan fingerprint density at radius 3 is 2.72 bits per heavy atom. The highest BCUT2D eigenvalue weighted by molar-refractivity contribution is 6.76. The predicted molar refractivity (Wildman–Crippen MR) is 127 cm³/mol. The highest BCUT2D eigenvalue weighted by atomic mass is 28.3. The summed E-state index contributed by atoms with van der Waals surface area (Å²) in [6.07, 6.45) is -0.159. The number of rotatable bonds is 4. The molecule has 5 rings (SSSR count). The lowest BCUT2D eigenvalue weighted by molar-refractivity contribution is -0.236. The van der Waals surface area contributed by atoms with E-state index in [9.17, 15) is 15.0 Å². The van der Waals surface area contributed by atoms with Crippen molar-refractivity contribution in [3.8, 4) is 11.4 Å². The minimum absolute atomic E-state index is 0.00778. The molecule has 7 heteroatoms. The zero-order valence-electron chi connectivity index (χ0n) is 19.1. The molecule has 0 spiro atoms. The molecule has 0 saturated carbocycles. The van der Waals surface area contributed by atoms with Gasteiger partial charge < -0.3 is 19.5 Å². The first kappa shape index (κ1) is 21.5. The van der Waals surface area contributed by atoms with Gasteiger partial charge in [0, 0.05) is 30.2 Å². The summed E-state index contributed by atoms with van der Waals surface area (Å²) in [5.74, 6) is 0. The number of hydrogen-bond donors (Lipinski definition) is 2. The predicted octanol–water partition coefficient (Wildman–Crippen LogP) is 3.75. The van der Waals surface area contributed by atoms with Crippen molar-refractivity contribution in [1.82, 2.24) is 9.55 Å². The van der Waals surface area contributed by atoms with Gasteiger partial charge in [-0.1, -0.05) is 50.8 Å². The summed E-state index contributed by atoms with van der Waals surface area (Å²) < 4.78 is 7.13. The van der Waals surface area contributed by atoms with Crippen LogP contribution in [0.4, 0.5) is 0 Å². The zero-order valence-corrected chi connectivity index (χ0v) is 20.1. The van der Waals surface area contributed by atoms with E-state index in [-0.39, 0.29) is 18.6 Å². The smallest absolute Gasteiger partial charge is 0.257 e. The van der Waals surface area contributed by atoms with Gasteiger partial charge in [-0.15, -0.1) is 0 Å². The molecule has 6 nitrogen and oxygen atoms in total. The fourth-order valence-corrected chi connectivity index (χ4v) is 6.01. The number of aliphatic hydroxyl groups is 2. The maximum Gasteiger partial charge on any atom is 0.257 e. The van der Waals surface area contributed by atoms with Crippen LogP contribution >= 0.6 is 0 Å². The Hall–Kier alpha value is -2.32. The van der Waals surface area contributed by atoms with Gasteiger partial charge in [-0.3, -0.25) is 4.79 Å². The van der Waals surface area contributed by atoms with E-state index in [1.165, 1.54) is 5.56 Å². The second-order valence-corrected chi connectivity index (χ2v) is 15.9. The molecule has 2 N–H and O–H groups in total. The molecule has 2 aliphatic heterocycles. The molecule has 0 bridgehead atoms. The Labute approximate surface area is 188 Å². The van der Waals surface area contributed by atoms with Crippen LogP contribution in [0.25, 0.3) is 22.3 Å².